The average molecular weight is 301 g/mol. The van der Waals surface area contributed by atoms with Gasteiger partial charge in [-0.1, -0.05) is 22.9 Å². The average Bonchev–Trinajstić information content (AvgIpc) is 3.13. The Bertz CT molecular complexity index is 402. The Morgan fingerprint density at radius 1 is 1.47 bits per heavy atom. The molecule has 0 bridgehead atoms. The molecule has 1 aliphatic carbocycles. The molecular weight excluding hydrogens is 284 g/mol. The minimum Gasteiger partial charge on any atom is -0.493 e. The van der Waals surface area contributed by atoms with Crippen LogP contribution in [-0.2, 0) is 0 Å². The van der Waals surface area contributed by atoms with Gasteiger partial charge in [-0.2, -0.15) is 0 Å². The van der Waals surface area contributed by atoms with E-state index in [-0.39, 0.29) is 12.5 Å². The molecule has 17 heavy (non-hydrogen) atoms. The van der Waals surface area contributed by atoms with E-state index in [0.29, 0.717) is 6.10 Å². The summed E-state index contributed by atoms with van der Waals surface area (Å²) < 4.78 is 12.2. The predicted octanol–water partition coefficient (Wildman–Crippen LogP) is 3.09. The Labute approximate surface area is 110 Å². The molecule has 1 saturated carbocycles. The Morgan fingerprint density at radius 2 is 2.18 bits per heavy atom. The van der Waals surface area contributed by atoms with Gasteiger partial charge in [0.1, 0.15) is 0 Å². The zero-order chi connectivity index (χ0) is 12.4. The van der Waals surface area contributed by atoms with Crippen LogP contribution in [0.15, 0.2) is 16.6 Å². The van der Waals surface area contributed by atoms with Crippen molar-refractivity contribution in [2.75, 3.05) is 13.7 Å². The van der Waals surface area contributed by atoms with Crippen molar-refractivity contribution in [3.63, 3.8) is 0 Å². The fourth-order valence-corrected chi connectivity index (χ4v) is 2.14. The molecule has 1 aromatic carbocycles. The van der Waals surface area contributed by atoms with Crippen molar-refractivity contribution >= 4 is 15.9 Å². The second-order valence-corrected chi connectivity index (χ2v) is 5.34. The molecule has 94 valence electrons. The van der Waals surface area contributed by atoms with Crippen LogP contribution in [0.4, 0.5) is 0 Å². The van der Waals surface area contributed by atoms with E-state index in [1.807, 2.05) is 19.1 Å². The second kappa shape index (κ2) is 5.27. The van der Waals surface area contributed by atoms with Crippen LogP contribution < -0.4 is 9.47 Å². The number of methoxy groups -OCH3 is 1. The predicted molar refractivity (Wildman–Crippen MR) is 69.8 cm³/mol. The highest BCUT2D eigenvalue weighted by atomic mass is 79.9. The molecule has 0 heterocycles. The lowest BCUT2D eigenvalue weighted by Crippen LogP contribution is -2.07. The maximum Gasteiger partial charge on any atom is 0.165 e. The van der Waals surface area contributed by atoms with Crippen molar-refractivity contribution in [1.29, 1.82) is 0 Å². The summed E-state index contributed by atoms with van der Waals surface area (Å²) in [6.45, 7) is 2.07. The van der Waals surface area contributed by atoms with Gasteiger partial charge in [0, 0.05) is 22.6 Å². The zero-order valence-corrected chi connectivity index (χ0v) is 11.7. The van der Waals surface area contributed by atoms with Gasteiger partial charge in [-0.15, -0.1) is 0 Å². The summed E-state index contributed by atoms with van der Waals surface area (Å²) in [7, 11) is 1.63. The van der Waals surface area contributed by atoms with Crippen LogP contribution in [0.2, 0.25) is 0 Å². The number of hydrogen-bond acceptors (Lipinski definition) is 3. The highest BCUT2D eigenvalue weighted by Crippen LogP contribution is 2.41. The number of aliphatic hydroxyl groups excluding tert-OH is 1. The van der Waals surface area contributed by atoms with E-state index in [9.17, 15) is 5.11 Å². The number of ether oxygens (including phenoxy) is 2. The molecule has 2 rings (SSSR count). The molecule has 1 N–H and O–H groups in total. The third-order valence-electron chi connectivity index (χ3n) is 2.88. The molecule has 0 aliphatic heterocycles. The summed E-state index contributed by atoms with van der Waals surface area (Å²) >= 11 is 3.45. The Morgan fingerprint density at radius 3 is 2.71 bits per heavy atom. The third kappa shape index (κ3) is 2.93. The first kappa shape index (κ1) is 12.7. The van der Waals surface area contributed by atoms with Gasteiger partial charge in [-0.3, -0.25) is 0 Å². The Balaban J connectivity index is 2.40. The molecule has 0 saturated heterocycles. The molecule has 0 aromatic heterocycles. The van der Waals surface area contributed by atoms with E-state index in [1.54, 1.807) is 7.11 Å². The van der Waals surface area contributed by atoms with E-state index in [2.05, 4.69) is 15.9 Å². The topological polar surface area (TPSA) is 38.7 Å². The third-order valence-corrected chi connectivity index (χ3v) is 3.34. The maximum absolute atomic E-state index is 9.31. The normalized spacial score (nSPS) is 16.7. The molecule has 1 aromatic rings. The molecule has 1 atom stereocenters. The first-order valence-corrected chi connectivity index (χ1v) is 6.60. The van der Waals surface area contributed by atoms with Crippen molar-refractivity contribution < 1.29 is 14.6 Å². The van der Waals surface area contributed by atoms with Crippen LogP contribution in [0.3, 0.4) is 0 Å². The van der Waals surface area contributed by atoms with Crippen LogP contribution in [0, 0.1) is 0 Å². The SMILES string of the molecule is COc1cc(Br)cc(C(C)CO)c1OC1CC1. The maximum atomic E-state index is 9.31. The highest BCUT2D eigenvalue weighted by molar-refractivity contribution is 9.10. The second-order valence-electron chi connectivity index (χ2n) is 4.43. The van der Waals surface area contributed by atoms with Gasteiger partial charge in [0.25, 0.3) is 0 Å². The van der Waals surface area contributed by atoms with E-state index in [0.717, 1.165) is 34.4 Å². The lowest BCUT2D eigenvalue weighted by Gasteiger charge is -2.18. The number of benzene rings is 1. The minimum atomic E-state index is 0.0372. The van der Waals surface area contributed by atoms with E-state index in [4.69, 9.17) is 9.47 Å². The standard InChI is InChI=1S/C13H17BrO3/c1-8(7-15)11-5-9(14)6-12(16-2)13(11)17-10-3-4-10/h5-6,8,10,15H,3-4,7H2,1-2H3. The quantitative estimate of drug-likeness (QED) is 0.908. The van der Waals surface area contributed by atoms with Crippen molar-refractivity contribution in [3.05, 3.63) is 22.2 Å². The molecule has 0 radical (unpaired) electrons. The summed E-state index contributed by atoms with van der Waals surface area (Å²) in [6, 6.07) is 3.88. The van der Waals surface area contributed by atoms with E-state index < -0.39 is 0 Å². The molecule has 1 fully saturated rings. The first-order chi connectivity index (χ1) is 8.15. The zero-order valence-electron chi connectivity index (χ0n) is 10.1. The molecule has 4 heteroatoms. The summed E-state index contributed by atoms with van der Waals surface area (Å²) in [6.07, 6.45) is 2.52. The molecular formula is C13H17BrO3. The van der Waals surface area contributed by atoms with Gasteiger partial charge < -0.3 is 14.6 Å². The smallest absolute Gasteiger partial charge is 0.165 e. The van der Waals surface area contributed by atoms with Gasteiger partial charge >= 0.3 is 0 Å². The summed E-state index contributed by atoms with van der Waals surface area (Å²) in [5.41, 5.74) is 0.991. The molecule has 1 unspecified atom stereocenters. The monoisotopic (exact) mass is 300 g/mol. The van der Waals surface area contributed by atoms with Crippen molar-refractivity contribution in [2.24, 2.45) is 0 Å². The fraction of sp³-hybridized carbons (Fsp3) is 0.538. The number of rotatable bonds is 5. The van der Waals surface area contributed by atoms with Crippen LogP contribution in [0.5, 0.6) is 11.5 Å². The Hall–Kier alpha value is -0.740. The van der Waals surface area contributed by atoms with Gasteiger partial charge in [0.15, 0.2) is 11.5 Å². The summed E-state index contributed by atoms with van der Waals surface area (Å²) in [4.78, 5) is 0. The van der Waals surface area contributed by atoms with E-state index >= 15 is 0 Å². The van der Waals surface area contributed by atoms with Crippen molar-refractivity contribution in [1.82, 2.24) is 0 Å². The van der Waals surface area contributed by atoms with Gasteiger partial charge in [-0.05, 0) is 25.0 Å². The van der Waals surface area contributed by atoms with Gasteiger partial charge in [0.2, 0.25) is 0 Å². The van der Waals surface area contributed by atoms with Crippen LogP contribution in [0.25, 0.3) is 0 Å². The number of halogens is 1. The lowest BCUT2D eigenvalue weighted by atomic mass is 10.0. The van der Waals surface area contributed by atoms with Crippen molar-refractivity contribution in [2.45, 2.75) is 31.8 Å². The lowest BCUT2D eigenvalue weighted by molar-refractivity contribution is 0.254. The van der Waals surface area contributed by atoms with Crippen molar-refractivity contribution in [3.8, 4) is 11.5 Å². The molecule has 0 spiro atoms. The fourth-order valence-electron chi connectivity index (χ4n) is 1.68. The van der Waals surface area contributed by atoms with Gasteiger partial charge in [0.05, 0.1) is 13.2 Å². The molecule has 0 amide bonds. The summed E-state index contributed by atoms with van der Waals surface area (Å²) in [5.74, 6) is 1.54. The van der Waals surface area contributed by atoms with Gasteiger partial charge in [-0.25, -0.2) is 0 Å². The van der Waals surface area contributed by atoms with E-state index in [1.165, 1.54) is 0 Å². The number of hydrogen-bond donors (Lipinski definition) is 1. The largest absolute Gasteiger partial charge is 0.493 e. The van der Waals surface area contributed by atoms with Crippen LogP contribution in [-0.4, -0.2) is 24.9 Å². The highest BCUT2D eigenvalue weighted by Gasteiger charge is 2.27. The molecule has 3 nitrogen and oxygen atoms in total. The van der Waals surface area contributed by atoms with Crippen LogP contribution >= 0.6 is 15.9 Å². The Kier molecular flexibility index (Phi) is 3.94. The first-order valence-electron chi connectivity index (χ1n) is 5.80. The number of aliphatic hydroxyl groups is 1. The minimum absolute atomic E-state index is 0.0372. The summed E-state index contributed by atoms with van der Waals surface area (Å²) in [5, 5.41) is 9.31. The van der Waals surface area contributed by atoms with Crippen LogP contribution in [0.1, 0.15) is 31.2 Å². The molecule has 1 aliphatic rings.